The molecule has 128 valence electrons. The molecule has 3 heterocycles. The first-order valence-corrected chi connectivity index (χ1v) is 8.50. The van der Waals surface area contributed by atoms with Crippen molar-refractivity contribution >= 4 is 10.9 Å². The summed E-state index contributed by atoms with van der Waals surface area (Å²) in [7, 11) is 2.12. The number of hydrogen-bond acceptors (Lipinski definition) is 5. The van der Waals surface area contributed by atoms with E-state index in [1.807, 2.05) is 30.3 Å². The summed E-state index contributed by atoms with van der Waals surface area (Å²) < 4.78 is 6.06. The second kappa shape index (κ2) is 6.64. The molecule has 6 heteroatoms. The predicted octanol–water partition coefficient (Wildman–Crippen LogP) is 2.46. The number of pyridine rings is 1. The number of rotatable bonds is 3. The highest BCUT2D eigenvalue weighted by Crippen LogP contribution is 2.22. The van der Waals surface area contributed by atoms with E-state index >= 15 is 0 Å². The molecule has 2 aromatic heterocycles. The molecule has 3 aromatic rings. The number of likely N-dealkylation sites (tertiary alicyclic amines) is 1. The van der Waals surface area contributed by atoms with Crippen LogP contribution in [0.25, 0.3) is 22.4 Å². The maximum absolute atomic E-state index is 12.5. The van der Waals surface area contributed by atoms with Gasteiger partial charge in [0.25, 0.3) is 5.56 Å². The summed E-state index contributed by atoms with van der Waals surface area (Å²) in [4.78, 5) is 26.3. The first-order valence-electron chi connectivity index (χ1n) is 8.50. The minimum Gasteiger partial charge on any atom is -0.490 e. The molecule has 0 atom stereocenters. The molecule has 4 rings (SSSR count). The first-order chi connectivity index (χ1) is 12.2. The van der Waals surface area contributed by atoms with Crippen LogP contribution in [0.1, 0.15) is 12.8 Å². The highest BCUT2D eigenvalue weighted by Gasteiger charge is 2.18. The zero-order valence-electron chi connectivity index (χ0n) is 14.1. The number of aromatic amines is 1. The fraction of sp³-hybridized carbons (Fsp3) is 0.316. The second-order valence-electron chi connectivity index (χ2n) is 6.43. The van der Waals surface area contributed by atoms with Gasteiger partial charge in [-0.2, -0.15) is 0 Å². The van der Waals surface area contributed by atoms with Gasteiger partial charge in [-0.15, -0.1) is 0 Å². The topological polar surface area (TPSA) is 71.1 Å². The second-order valence-corrected chi connectivity index (χ2v) is 6.43. The van der Waals surface area contributed by atoms with Crippen LogP contribution in [0, 0.1) is 0 Å². The van der Waals surface area contributed by atoms with Gasteiger partial charge in [-0.1, -0.05) is 6.07 Å². The molecule has 0 unspecified atom stereocenters. The van der Waals surface area contributed by atoms with Crippen molar-refractivity contribution < 1.29 is 4.74 Å². The molecule has 0 saturated carbocycles. The lowest BCUT2D eigenvalue weighted by atomic mass is 10.1. The van der Waals surface area contributed by atoms with Crippen LogP contribution in [-0.4, -0.2) is 46.1 Å². The highest BCUT2D eigenvalue weighted by molar-refractivity contribution is 5.80. The van der Waals surface area contributed by atoms with Crippen LogP contribution < -0.4 is 10.3 Å². The summed E-state index contributed by atoms with van der Waals surface area (Å²) in [6.07, 6.45) is 3.88. The molecule has 0 bridgehead atoms. The van der Waals surface area contributed by atoms with Crippen molar-refractivity contribution in [2.45, 2.75) is 18.9 Å². The molecule has 1 fully saturated rings. The van der Waals surface area contributed by atoms with E-state index in [4.69, 9.17) is 4.74 Å². The predicted molar refractivity (Wildman–Crippen MR) is 96.7 cm³/mol. The van der Waals surface area contributed by atoms with Crippen molar-refractivity contribution in [1.82, 2.24) is 19.9 Å². The number of nitrogens with zero attached hydrogens (tertiary/aromatic N) is 3. The SMILES string of the molecule is CN1CCC(Oc2ccc3nc(-c4ccccn4)[nH]c(=O)c3c2)CC1. The van der Waals surface area contributed by atoms with Gasteiger partial charge in [0.05, 0.1) is 10.9 Å². The Morgan fingerprint density at radius 1 is 1.20 bits per heavy atom. The molecule has 0 aliphatic carbocycles. The number of benzene rings is 1. The number of ether oxygens (including phenoxy) is 1. The monoisotopic (exact) mass is 336 g/mol. The number of nitrogens with one attached hydrogen (secondary N) is 1. The summed E-state index contributed by atoms with van der Waals surface area (Å²) in [5.74, 6) is 1.20. The normalized spacial score (nSPS) is 16.2. The Morgan fingerprint density at radius 3 is 2.80 bits per heavy atom. The van der Waals surface area contributed by atoms with Gasteiger partial charge in [-0.3, -0.25) is 9.78 Å². The van der Waals surface area contributed by atoms with Gasteiger partial charge in [-0.25, -0.2) is 4.98 Å². The summed E-state index contributed by atoms with van der Waals surface area (Å²) in [6.45, 7) is 2.07. The minimum atomic E-state index is -0.181. The Bertz CT molecular complexity index is 931. The van der Waals surface area contributed by atoms with E-state index in [2.05, 4.69) is 26.9 Å². The highest BCUT2D eigenvalue weighted by atomic mass is 16.5. The van der Waals surface area contributed by atoms with E-state index in [1.54, 1.807) is 12.3 Å². The lowest BCUT2D eigenvalue weighted by molar-refractivity contribution is 0.114. The molecule has 1 N–H and O–H groups in total. The van der Waals surface area contributed by atoms with Gasteiger partial charge in [0.15, 0.2) is 5.82 Å². The summed E-state index contributed by atoms with van der Waals surface area (Å²) in [5, 5.41) is 0.533. The molecule has 0 spiro atoms. The number of aromatic nitrogens is 3. The molecular weight excluding hydrogens is 316 g/mol. The largest absolute Gasteiger partial charge is 0.490 e. The van der Waals surface area contributed by atoms with Gasteiger partial charge in [0.1, 0.15) is 17.5 Å². The Hall–Kier alpha value is -2.73. The average Bonchev–Trinajstić information content (AvgIpc) is 2.65. The maximum atomic E-state index is 12.5. The zero-order valence-corrected chi connectivity index (χ0v) is 14.1. The van der Waals surface area contributed by atoms with Crippen LogP contribution >= 0.6 is 0 Å². The molecule has 1 aromatic carbocycles. The van der Waals surface area contributed by atoms with Crippen LogP contribution in [-0.2, 0) is 0 Å². The summed E-state index contributed by atoms with van der Waals surface area (Å²) in [5.41, 5.74) is 1.10. The van der Waals surface area contributed by atoms with Crippen molar-refractivity contribution in [3.63, 3.8) is 0 Å². The van der Waals surface area contributed by atoms with Gasteiger partial charge < -0.3 is 14.6 Å². The van der Waals surface area contributed by atoms with Crippen molar-refractivity contribution in [2.24, 2.45) is 0 Å². The molecule has 25 heavy (non-hydrogen) atoms. The fourth-order valence-corrected chi connectivity index (χ4v) is 3.11. The average molecular weight is 336 g/mol. The Morgan fingerprint density at radius 2 is 2.04 bits per heavy atom. The molecule has 0 radical (unpaired) electrons. The molecule has 1 saturated heterocycles. The molecule has 0 amide bonds. The van der Waals surface area contributed by atoms with Gasteiger partial charge in [0.2, 0.25) is 0 Å². The van der Waals surface area contributed by atoms with E-state index in [9.17, 15) is 4.79 Å². The van der Waals surface area contributed by atoms with Crippen LogP contribution in [0.2, 0.25) is 0 Å². The van der Waals surface area contributed by atoms with Gasteiger partial charge in [-0.05, 0) is 50.2 Å². The Balaban J connectivity index is 1.63. The Labute approximate surface area is 145 Å². The zero-order chi connectivity index (χ0) is 17.2. The smallest absolute Gasteiger partial charge is 0.259 e. The third-order valence-corrected chi connectivity index (χ3v) is 4.55. The summed E-state index contributed by atoms with van der Waals surface area (Å²) >= 11 is 0. The number of piperidine rings is 1. The summed E-state index contributed by atoms with van der Waals surface area (Å²) in [6, 6.07) is 11.0. The third kappa shape index (κ3) is 3.39. The van der Waals surface area contributed by atoms with Crippen LogP contribution in [0.4, 0.5) is 0 Å². The van der Waals surface area contributed by atoms with E-state index in [-0.39, 0.29) is 11.7 Å². The quantitative estimate of drug-likeness (QED) is 0.795. The van der Waals surface area contributed by atoms with Crippen molar-refractivity contribution in [1.29, 1.82) is 0 Å². The van der Waals surface area contributed by atoms with E-state index in [0.29, 0.717) is 22.4 Å². The first kappa shape index (κ1) is 15.8. The molecular formula is C19H20N4O2. The minimum absolute atomic E-state index is 0.181. The van der Waals surface area contributed by atoms with E-state index in [1.165, 1.54) is 0 Å². The molecule has 1 aliphatic heterocycles. The number of hydrogen-bond donors (Lipinski definition) is 1. The van der Waals surface area contributed by atoms with Gasteiger partial charge in [0, 0.05) is 19.3 Å². The molecule has 6 nitrogen and oxygen atoms in total. The van der Waals surface area contributed by atoms with Crippen molar-refractivity contribution in [3.05, 3.63) is 52.9 Å². The molecule has 1 aliphatic rings. The number of H-pyrrole nitrogens is 1. The van der Waals surface area contributed by atoms with Crippen LogP contribution in [0.3, 0.4) is 0 Å². The maximum Gasteiger partial charge on any atom is 0.259 e. The van der Waals surface area contributed by atoms with Gasteiger partial charge >= 0.3 is 0 Å². The Kier molecular flexibility index (Phi) is 4.19. The van der Waals surface area contributed by atoms with Crippen molar-refractivity contribution in [3.8, 4) is 17.3 Å². The van der Waals surface area contributed by atoms with Crippen LogP contribution in [0.15, 0.2) is 47.4 Å². The standard InChI is InChI=1S/C19H20N4O2/c1-23-10-7-13(8-11-23)25-14-5-6-16-15(12-14)19(24)22-18(21-16)17-4-2-3-9-20-17/h2-6,9,12-13H,7-8,10-11H2,1H3,(H,21,22,24). The van der Waals surface area contributed by atoms with E-state index < -0.39 is 0 Å². The lowest BCUT2D eigenvalue weighted by Gasteiger charge is -2.29. The van der Waals surface area contributed by atoms with Crippen LogP contribution in [0.5, 0.6) is 5.75 Å². The lowest BCUT2D eigenvalue weighted by Crippen LogP contribution is -2.35. The fourth-order valence-electron chi connectivity index (χ4n) is 3.11. The number of fused-ring (bicyclic) bond motifs is 1. The van der Waals surface area contributed by atoms with E-state index in [0.717, 1.165) is 31.7 Å². The third-order valence-electron chi connectivity index (χ3n) is 4.55. The van der Waals surface area contributed by atoms with Crippen molar-refractivity contribution in [2.75, 3.05) is 20.1 Å².